The number of ether oxygens (including phenoxy) is 1. The predicted octanol–water partition coefficient (Wildman–Crippen LogP) is 1.42. The summed E-state index contributed by atoms with van der Waals surface area (Å²) in [5, 5.41) is 7.22. The van der Waals surface area contributed by atoms with Crippen LogP contribution in [-0.2, 0) is 11.3 Å². The molecule has 1 heterocycles. The second-order valence-electron chi connectivity index (χ2n) is 3.33. The van der Waals surface area contributed by atoms with Crippen molar-refractivity contribution in [1.82, 2.24) is 10.5 Å². The first-order valence-electron chi connectivity index (χ1n) is 4.87. The topological polar surface area (TPSA) is 47.3 Å². The lowest BCUT2D eigenvalue weighted by molar-refractivity contribution is 0.194. The van der Waals surface area contributed by atoms with Crippen molar-refractivity contribution in [2.45, 2.75) is 26.8 Å². The van der Waals surface area contributed by atoms with E-state index in [4.69, 9.17) is 9.26 Å². The van der Waals surface area contributed by atoms with E-state index in [9.17, 15) is 0 Å². The molecule has 80 valence electrons. The van der Waals surface area contributed by atoms with Crippen molar-refractivity contribution >= 4 is 0 Å². The van der Waals surface area contributed by atoms with Gasteiger partial charge in [-0.1, -0.05) is 5.16 Å². The fourth-order valence-corrected chi connectivity index (χ4v) is 1.31. The molecule has 1 aromatic rings. The zero-order valence-corrected chi connectivity index (χ0v) is 9.09. The molecule has 0 radical (unpaired) electrons. The number of nitrogens with one attached hydrogen (secondary N) is 1. The van der Waals surface area contributed by atoms with Gasteiger partial charge in [-0.25, -0.2) is 0 Å². The van der Waals surface area contributed by atoms with E-state index < -0.39 is 0 Å². The summed E-state index contributed by atoms with van der Waals surface area (Å²) in [6, 6.07) is 0. The maximum Gasteiger partial charge on any atom is 0.138 e. The smallest absolute Gasteiger partial charge is 0.138 e. The van der Waals surface area contributed by atoms with Crippen molar-refractivity contribution in [3.63, 3.8) is 0 Å². The van der Waals surface area contributed by atoms with Crippen LogP contribution in [0.3, 0.4) is 0 Å². The van der Waals surface area contributed by atoms with Gasteiger partial charge in [0.05, 0.1) is 5.69 Å². The van der Waals surface area contributed by atoms with Crippen LogP contribution >= 0.6 is 0 Å². The molecule has 1 N–H and O–H groups in total. The molecule has 1 rings (SSSR count). The molecule has 1 aromatic heterocycles. The van der Waals surface area contributed by atoms with Gasteiger partial charge in [-0.15, -0.1) is 0 Å². The summed E-state index contributed by atoms with van der Waals surface area (Å²) in [4.78, 5) is 0. The van der Waals surface area contributed by atoms with E-state index in [1.807, 2.05) is 13.8 Å². The molecule has 0 aromatic carbocycles. The van der Waals surface area contributed by atoms with E-state index in [-0.39, 0.29) is 0 Å². The van der Waals surface area contributed by atoms with Crippen molar-refractivity contribution in [2.75, 3.05) is 20.3 Å². The summed E-state index contributed by atoms with van der Waals surface area (Å²) in [5.41, 5.74) is 2.14. The maximum atomic E-state index is 5.06. The lowest BCUT2D eigenvalue weighted by atomic mass is 10.2. The van der Waals surface area contributed by atoms with Crippen LogP contribution in [0.1, 0.15) is 23.4 Å². The summed E-state index contributed by atoms with van der Waals surface area (Å²) < 4.78 is 10.0. The van der Waals surface area contributed by atoms with Crippen molar-refractivity contribution < 1.29 is 9.26 Å². The Bertz CT molecular complexity index is 252. The first kappa shape index (κ1) is 11.2. The quantitative estimate of drug-likeness (QED) is 0.702. The second kappa shape index (κ2) is 5.78. The molecule has 0 saturated heterocycles. The van der Waals surface area contributed by atoms with E-state index in [2.05, 4.69) is 10.5 Å². The number of hydrogen-bond donors (Lipinski definition) is 1. The monoisotopic (exact) mass is 198 g/mol. The molecule has 0 aliphatic rings. The fraction of sp³-hybridized carbons (Fsp3) is 0.700. The van der Waals surface area contributed by atoms with Crippen molar-refractivity contribution in [3.05, 3.63) is 17.0 Å². The molecule has 0 aliphatic carbocycles. The molecular formula is C10H18N2O2. The summed E-state index contributed by atoms with van der Waals surface area (Å²) in [6.45, 7) is 6.48. The van der Waals surface area contributed by atoms with Crippen molar-refractivity contribution in [3.8, 4) is 0 Å². The largest absolute Gasteiger partial charge is 0.385 e. The van der Waals surface area contributed by atoms with Gasteiger partial charge in [-0.05, 0) is 26.8 Å². The van der Waals surface area contributed by atoms with E-state index in [1.54, 1.807) is 7.11 Å². The number of aromatic nitrogens is 1. The number of hydrogen-bond acceptors (Lipinski definition) is 4. The molecule has 0 amide bonds. The highest BCUT2D eigenvalue weighted by atomic mass is 16.5. The SMILES string of the molecule is COCCCNCc1c(C)noc1C. The van der Waals surface area contributed by atoms with Gasteiger partial charge in [0.25, 0.3) is 0 Å². The minimum absolute atomic E-state index is 0.800. The van der Waals surface area contributed by atoms with Crippen LogP contribution in [0, 0.1) is 13.8 Å². The summed E-state index contributed by atoms with van der Waals surface area (Å²) in [6.07, 6.45) is 1.03. The molecular weight excluding hydrogens is 180 g/mol. The van der Waals surface area contributed by atoms with Crippen LogP contribution in [0.25, 0.3) is 0 Å². The zero-order chi connectivity index (χ0) is 10.4. The van der Waals surface area contributed by atoms with E-state index in [0.29, 0.717) is 0 Å². The third-order valence-corrected chi connectivity index (χ3v) is 2.19. The Morgan fingerprint density at radius 2 is 2.21 bits per heavy atom. The second-order valence-corrected chi connectivity index (χ2v) is 3.33. The number of aryl methyl sites for hydroxylation is 2. The number of nitrogens with zero attached hydrogens (tertiary/aromatic N) is 1. The van der Waals surface area contributed by atoms with Gasteiger partial charge in [0.15, 0.2) is 0 Å². The average molecular weight is 198 g/mol. The van der Waals surface area contributed by atoms with Crippen LogP contribution in [0.4, 0.5) is 0 Å². The Morgan fingerprint density at radius 1 is 1.43 bits per heavy atom. The van der Waals surface area contributed by atoms with Crippen LogP contribution in [0.2, 0.25) is 0 Å². The van der Waals surface area contributed by atoms with Crippen LogP contribution in [-0.4, -0.2) is 25.4 Å². The molecule has 0 fully saturated rings. The lowest BCUT2D eigenvalue weighted by Gasteiger charge is -2.03. The number of rotatable bonds is 6. The van der Waals surface area contributed by atoms with E-state index in [1.165, 1.54) is 5.56 Å². The Labute approximate surface area is 84.6 Å². The standard InChI is InChI=1S/C10H18N2O2/c1-8-10(9(2)14-12-8)7-11-5-4-6-13-3/h11H,4-7H2,1-3H3. The maximum absolute atomic E-state index is 5.06. The molecule has 0 bridgehead atoms. The lowest BCUT2D eigenvalue weighted by Crippen LogP contribution is -2.16. The van der Waals surface area contributed by atoms with Crippen LogP contribution < -0.4 is 5.32 Å². The molecule has 14 heavy (non-hydrogen) atoms. The fourth-order valence-electron chi connectivity index (χ4n) is 1.31. The van der Waals surface area contributed by atoms with Gasteiger partial charge >= 0.3 is 0 Å². The number of methoxy groups -OCH3 is 1. The molecule has 0 aliphatic heterocycles. The third kappa shape index (κ3) is 3.12. The van der Waals surface area contributed by atoms with Crippen LogP contribution in [0.15, 0.2) is 4.52 Å². The average Bonchev–Trinajstić information content (AvgIpc) is 2.48. The molecule has 0 saturated carbocycles. The molecule has 0 atom stereocenters. The first-order valence-corrected chi connectivity index (χ1v) is 4.87. The Kier molecular flexibility index (Phi) is 4.62. The zero-order valence-electron chi connectivity index (χ0n) is 9.09. The highest BCUT2D eigenvalue weighted by molar-refractivity contribution is 5.20. The summed E-state index contributed by atoms with van der Waals surface area (Å²) in [7, 11) is 1.72. The predicted molar refractivity (Wildman–Crippen MR) is 54.2 cm³/mol. The first-order chi connectivity index (χ1) is 6.75. The minimum atomic E-state index is 0.800. The van der Waals surface area contributed by atoms with Gasteiger partial charge in [-0.2, -0.15) is 0 Å². The van der Waals surface area contributed by atoms with Crippen LogP contribution in [0.5, 0.6) is 0 Å². The normalized spacial score (nSPS) is 10.8. The van der Waals surface area contributed by atoms with Gasteiger partial charge in [0, 0.05) is 25.8 Å². The van der Waals surface area contributed by atoms with Gasteiger partial charge in [-0.3, -0.25) is 0 Å². The Hall–Kier alpha value is -0.870. The van der Waals surface area contributed by atoms with Gasteiger partial charge in [0.1, 0.15) is 5.76 Å². The van der Waals surface area contributed by atoms with Crippen molar-refractivity contribution in [2.24, 2.45) is 0 Å². The van der Waals surface area contributed by atoms with Gasteiger partial charge in [0.2, 0.25) is 0 Å². The Morgan fingerprint density at radius 3 is 2.79 bits per heavy atom. The summed E-state index contributed by atoms with van der Waals surface area (Å²) in [5.74, 6) is 0.904. The molecule has 0 unspecified atom stereocenters. The van der Waals surface area contributed by atoms with E-state index >= 15 is 0 Å². The van der Waals surface area contributed by atoms with Crippen molar-refractivity contribution in [1.29, 1.82) is 0 Å². The minimum Gasteiger partial charge on any atom is -0.385 e. The third-order valence-electron chi connectivity index (χ3n) is 2.19. The Balaban J connectivity index is 2.24. The van der Waals surface area contributed by atoms with E-state index in [0.717, 1.165) is 37.6 Å². The summed E-state index contributed by atoms with van der Waals surface area (Å²) >= 11 is 0. The molecule has 4 nitrogen and oxygen atoms in total. The molecule has 4 heteroatoms. The molecule has 0 spiro atoms. The van der Waals surface area contributed by atoms with Gasteiger partial charge < -0.3 is 14.6 Å². The highest BCUT2D eigenvalue weighted by Crippen LogP contribution is 2.11. The highest BCUT2D eigenvalue weighted by Gasteiger charge is 2.07.